The van der Waals surface area contributed by atoms with Crippen molar-refractivity contribution in [3.63, 3.8) is 0 Å². The van der Waals surface area contributed by atoms with Gasteiger partial charge in [-0.25, -0.2) is 9.18 Å². The summed E-state index contributed by atoms with van der Waals surface area (Å²) in [6.45, 7) is 1.75. The van der Waals surface area contributed by atoms with E-state index in [1.165, 1.54) is 25.0 Å². The molecule has 4 nitrogen and oxygen atoms in total. The van der Waals surface area contributed by atoms with E-state index in [4.69, 9.17) is 5.11 Å². The fourth-order valence-corrected chi connectivity index (χ4v) is 2.48. The number of benzene rings is 1. The molecular formula is C14H19FN2O2. The van der Waals surface area contributed by atoms with E-state index in [2.05, 4.69) is 17.3 Å². The molecule has 1 aromatic carbocycles. The number of aromatic carboxylic acids is 1. The van der Waals surface area contributed by atoms with E-state index in [0.717, 1.165) is 19.0 Å². The first-order valence-corrected chi connectivity index (χ1v) is 6.55. The van der Waals surface area contributed by atoms with Crippen molar-refractivity contribution in [2.45, 2.75) is 25.3 Å². The van der Waals surface area contributed by atoms with E-state index in [9.17, 15) is 9.18 Å². The monoisotopic (exact) mass is 266 g/mol. The largest absolute Gasteiger partial charge is 0.478 e. The molecule has 1 saturated heterocycles. The number of piperidine rings is 1. The highest BCUT2D eigenvalue weighted by atomic mass is 19.1. The summed E-state index contributed by atoms with van der Waals surface area (Å²) in [7, 11) is 2.08. The predicted octanol–water partition coefficient (Wildman–Crippen LogP) is 2.42. The molecule has 19 heavy (non-hydrogen) atoms. The number of nitrogens with one attached hydrogen (secondary N) is 1. The van der Waals surface area contributed by atoms with Crippen LogP contribution in [-0.2, 0) is 0 Å². The Morgan fingerprint density at radius 2 is 2.32 bits per heavy atom. The number of hydrogen-bond acceptors (Lipinski definition) is 3. The van der Waals surface area contributed by atoms with Crippen LogP contribution in [0.5, 0.6) is 0 Å². The van der Waals surface area contributed by atoms with Gasteiger partial charge in [-0.2, -0.15) is 0 Å². The van der Waals surface area contributed by atoms with Crippen LogP contribution in [0.2, 0.25) is 0 Å². The van der Waals surface area contributed by atoms with Gasteiger partial charge in [0.1, 0.15) is 5.82 Å². The van der Waals surface area contributed by atoms with E-state index in [1.54, 1.807) is 0 Å². The Hall–Kier alpha value is -1.62. The van der Waals surface area contributed by atoms with Crippen molar-refractivity contribution in [2.24, 2.45) is 0 Å². The van der Waals surface area contributed by atoms with E-state index in [0.29, 0.717) is 18.3 Å². The number of nitrogens with zero attached hydrogens (tertiary/aromatic N) is 1. The smallest absolute Gasteiger partial charge is 0.337 e. The molecule has 0 aliphatic carbocycles. The van der Waals surface area contributed by atoms with Gasteiger partial charge in [0, 0.05) is 18.3 Å². The second-order valence-corrected chi connectivity index (χ2v) is 5.01. The summed E-state index contributed by atoms with van der Waals surface area (Å²) in [5, 5.41) is 12.2. The minimum Gasteiger partial charge on any atom is -0.478 e. The minimum atomic E-state index is -1.11. The summed E-state index contributed by atoms with van der Waals surface area (Å²) in [6, 6.07) is 4.22. The van der Waals surface area contributed by atoms with Gasteiger partial charge in [-0.3, -0.25) is 0 Å². The van der Waals surface area contributed by atoms with Crippen molar-refractivity contribution in [2.75, 3.05) is 25.5 Å². The molecule has 1 unspecified atom stereocenters. The third kappa shape index (κ3) is 3.44. The molecule has 104 valence electrons. The Kier molecular flexibility index (Phi) is 4.37. The van der Waals surface area contributed by atoms with Crippen molar-refractivity contribution < 1.29 is 14.3 Å². The van der Waals surface area contributed by atoms with Crippen LogP contribution in [0.15, 0.2) is 18.2 Å². The maximum absolute atomic E-state index is 13.1. The summed E-state index contributed by atoms with van der Waals surface area (Å²) >= 11 is 0. The minimum absolute atomic E-state index is 0.0153. The molecule has 0 bridgehead atoms. The normalized spacial score (nSPS) is 20.2. The Morgan fingerprint density at radius 3 is 3.00 bits per heavy atom. The Balaban J connectivity index is 2.04. The SMILES string of the molecule is CN1CCCCC1CNc1ccc(F)cc1C(=O)O. The first kappa shape index (κ1) is 13.8. The van der Waals surface area contributed by atoms with Crippen LogP contribution in [-0.4, -0.2) is 42.2 Å². The first-order valence-electron chi connectivity index (χ1n) is 6.55. The molecular weight excluding hydrogens is 247 g/mol. The van der Waals surface area contributed by atoms with Crippen LogP contribution in [0.4, 0.5) is 10.1 Å². The zero-order valence-corrected chi connectivity index (χ0v) is 11.0. The lowest BCUT2D eigenvalue weighted by atomic mass is 10.0. The Morgan fingerprint density at radius 1 is 1.53 bits per heavy atom. The van der Waals surface area contributed by atoms with Crippen LogP contribution in [0.25, 0.3) is 0 Å². The van der Waals surface area contributed by atoms with Gasteiger partial charge in [0.05, 0.1) is 5.56 Å². The molecule has 0 amide bonds. The molecule has 0 radical (unpaired) electrons. The van der Waals surface area contributed by atoms with Crippen LogP contribution in [0, 0.1) is 5.82 Å². The van der Waals surface area contributed by atoms with Crippen molar-refractivity contribution in [3.8, 4) is 0 Å². The van der Waals surface area contributed by atoms with Crippen molar-refractivity contribution in [3.05, 3.63) is 29.6 Å². The Bertz CT molecular complexity index is 465. The van der Waals surface area contributed by atoms with Gasteiger partial charge < -0.3 is 15.3 Å². The number of likely N-dealkylation sites (tertiary alicyclic amines) is 1. The number of rotatable bonds is 4. The van der Waals surface area contributed by atoms with Crippen LogP contribution in [0.1, 0.15) is 29.6 Å². The number of carbonyl (C=O) groups is 1. The molecule has 1 atom stereocenters. The fourth-order valence-electron chi connectivity index (χ4n) is 2.48. The van der Waals surface area contributed by atoms with Gasteiger partial charge in [-0.1, -0.05) is 6.42 Å². The zero-order chi connectivity index (χ0) is 13.8. The maximum atomic E-state index is 13.1. The summed E-state index contributed by atoms with van der Waals surface area (Å²) in [6.07, 6.45) is 3.52. The number of carboxylic acid groups (broad SMARTS) is 1. The van der Waals surface area contributed by atoms with Crippen molar-refractivity contribution in [1.29, 1.82) is 0 Å². The lowest BCUT2D eigenvalue weighted by Gasteiger charge is -2.32. The number of halogens is 1. The quantitative estimate of drug-likeness (QED) is 0.878. The van der Waals surface area contributed by atoms with E-state index in [1.807, 2.05) is 0 Å². The molecule has 2 rings (SSSR count). The van der Waals surface area contributed by atoms with E-state index in [-0.39, 0.29) is 5.56 Å². The van der Waals surface area contributed by atoms with Crippen LogP contribution in [0.3, 0.4) is 0 Å². The van der Waals surface area contributed by atoms with Crippen LogP contribution >= 0.6 is 0 Å². The van der Waals surface area contributed by atoms with E-state index >= 15 is 0 Å². The Labute approximate surface area is 112 Å². The standard InChI is InChI=1S/C14H19FN2O2/c1-17-7-3-2-4-11(17)9-16-13-6-5-10(15)8-12(13)14(18)19/h5-6,8,11,16H,2-4,7,9H2,1H3,(H,18,19). The van der Waals surface area contributed by atoms with Crippen LogP contribution < -0.4 is 5.32 Å². The molecule has 1 aliphatic heterocycles. The highest BCUT2D eigenvalue weighted by Crippen LogP contribution is 2.19. The molecule has 0 aromatic heterocycles. The number of likely N-dealkylation sites (N-methyl/N-ethyl adjacent to an activating group) is 1. The van der Waals surface area contributed by atoms with Gasteiger partial charge in [0.2, 0.25) is 0 Å². The molecule has 1 fully saturated rings. The second-order valence-electron chi connectivity index (χ2n) is 5.01. The fraction of sp³-hybridized carbons (Fsp3) is 0.500. The summed E-state index contributed by atoms with van der Waals surface area (Å²) in [5.74, 6) is -1.64. The average Bonchev–Trinajstić information content (AvgIpc) is 2.38. The first-order chi connectivity index (χ1) is 9.08. The zero-order valence-electron chi connectivity index (χ0n) is 11.0. The predicted molar refractivity (Wildman–Crippen MR) is 72.1 cm³/mol. The molecule has 1 aliphatic rings. The molecule has 1 heterocycles. The molecule has 2 N–H and O–H groups in total. The third-order valence-electron chi connectivity index (χ3n) is 3.66. The van der Waals surface area contributed by atoms with Gasteiger partial charge in [0.25, 0.3) is 0 Å². The van der Waals surface area contributed by atoms with Gasteiger partial charge in [0.15, 0.2) is 0 Å². The summed E-state index contributed by atoms with van der Waals surface area (Å²) in [5.41, 5.74) is 0.464. The molecule has 0 saturated carbocycles. The van der Waals surface area contributed by atoms with E-state index < -0.39 is 11.8 Å². The van der Waals surface area contributed by atoms with Gasteiger partial charge in [-0.15, -0.1) is 0 Å². The van der Waals surface area contributed by atoms with Crippen molar-refractivity contribution in [1.82, 2.24) is 4.90 Å². The lowest BCUT2D eigenvalue weighted by molar-refractivity contribution is 0.0697. The number of hydrogen-bond donors (Lipinski definition) is 2. The highest BCUT2D eigenvalue weighted by molar-refractivity contribution is 5.94. The lowest BCUT2D eigenvalue weighted by Crippen LogP contribution is -2.40. The average molecular weight is 266 g/mol. The van der Waals surface area contributed by atoms with Crippen molar-refractivity contribution >= 4 is 11.7 Å². The topological polar surface area (TPSA) is 52.6 Å². The number of carboxylic acids is 1. The molecule has 0 spiro atoms. The second kappa shape index (κ2) is 6.02. The summed E-state index contributed by atoms with van der Waals surface area (Å²) < 4.78 is 13.1. The molecule has 5 heteroatoms. The maximum Gasteiger partial charge on any atom is 0.337 e. The number of anilines is 1. The van der Waals surface area contributed by atoms with Gasteiger partial charge >= 0.3 is 5.97 Å². The molecule has 1 aromatic rings. The highest BCUT2D eigenvalue weighted by Gasteiger charge is 2.19. The van der Waals surface area contributed by atoms with Gasteiger partial charge in [-0.05, 0) is 44.6 Å². The third-order valence-corrected chi connectivity index (χ3v) is 3.66. The summed E-state index contributed by atoms with van der Waals surface area (Å²) in [4.78, 5) is 13.4.